The van der Waals surface area contributed by atoms with Crippen molar-refractivity contribution in [1.29, 1.82) is 0 Å². The number of aromatic nitrogens is 3. The molecule has 1 N–H and O–H groups in total. The Hall–Kier alpha value is -3.29. The number of aliphatic hydroxyl groups excluding tert-OH is 1. The normalized spacial score (nSPS) is 20.6. The van der Waals surface area contributed by atoms with E-state index in [0.717, 1.165) is 26.9 Å². The summed E-state index contributed by atoms with van der Waals surface area (Å²) in [5.41, 5.74) is 4.83. The maximum absolute atomic E-state index is 14.1. The van der Waals surface area contributed by atoms with Gasteiger partial charge in [0.2, 0.25) is 5.91 Å². The van der Waals surface area contributed by atoms with E-state index in [1.54, 1.807) is 17.3 Å². The Morgan fingerprint density at radius 3 is 2.68 bits per heavy atom. The van der Waals surface area contributed by atoms with Gasteiger partial charge in [0.15, 0.2) is 0 Å². The highest BCUT2D eigenvalue weighted by Crippen LogP contribution is 2.37. The third-order valence-corrected chi connectivity index (χ3v) is 7.54. The molecule has 0 bridgehead atoms. The molecule has 3 unspecified atom stereocenters. The van der Waals surface area contributed by atoms with Crippen LogP contribution >= 0.6 is 15.9 Å². The van der Waals surface area contributed by atoms with Crippen molar-refractivity contribution in [1.82, 2.24) is 14.8 Å². The van der Waals surface area contributed by atoms with Crippen LogP contribution in [0.4, 0.5) is 5.69 Å². The summed E-state index contributed by atoms with van der Waals surface area (Å²) in [5, 5.41) is 15.5. The van der Waals surface area contributed by atoms with E-state index in [4.69, 9.17) is 0 Å². The number of amides is 1. The molecule has 2 aromatic heterocycles. The summed E-state index contributed by atoms with van der Waals surface area (Å²) >= 11 is 3.47. The van der Waals surface area contributed by atoms with E-state index < -0.39 is 12.0 Å². The van der Waals surface area contributed by atoms with Gasteiger partial charge in [-0.15, -0.1) is 0 Å². The lowest BCUT2D eigenvalue weighted by Crippen LogP contribution is -2.46. The van der Waals surface area contributed by atoms with Crippen molar-refractivity contribution in [2.24, 2.45) is 11.8 Å². The third kappa shape index (κ3) is 5.68. The topological polar surface area (TPSA) is 71.2 Å². The molecule has 5 rings (SSSR count). The number of aliphatic hydroxyl groups is 1. The van der Waals surface area contributed by atoms with Gasteiger partial charge >= 0.3 is 0 Å². The second kappa shape index (κ2) is 11.0. The molecular weight excluding hydrogens is 528 g/mol. The molecule has 3 aromatic rings. The van der Waals surface area contributed by atoms with E-state index >= 15 is 0 Å². The van der Waals surface area contributed by atoms with Crippen LogP contribution in [0.15, 0.2) is 95.4 Å². The molecule has 0 saturated heterocycles. The van der Waals surface area contributed by atoms with Crippen molar-refractivity contribution in [2.45, 2.75) is 45.4 Å². The van der Waals surface area contributed by atoms with Gasteiger partial charge < -0.3 is 10.0 Å². The quantitative estimate of drug-likeness (QED) is 0.398. The first-order chi connectivity index (χ1) is 17.9. The van der Waals surface area contributed by atoms with Crippen LogP contribution in [-0.2, 0) is 17.9 Å². The first-order valence-electron chi connectivity index (χ1n) is 12.6. The fourth-order valence-corrected chi connectivity index (χ4v) is 5.24. The summed E-state index contributed by atoms with van der Waals surface area (Å²) in [6.07, 6.45) is 15.3. The van der Waals surface area contributed by atoms with Crippen molar-refractivity contribution < 1.29 is 9.90 Å². The molecule has 1 amide bonds. The van der Waals surface area contributed by atoms with Gasteiger partial charge in [0.25, 0.3) is 0 Å². The highest BCUT2D eigenvalue weighted by atomic mass is 79.9. The Balaban J connectivity index is 1.43. The van der Waals surface area contributed by atoms with Gasteiger partial charge in [-0.25, -0.2) is 0 Å². The summed E-state index contributed by atoms with van der Waals surface area (Å²) in [7, 11) is 0. The number of anilines is 1. The molecule has 2 aliphatic carbocycles. The molecule has 3 atom stereocenters. The molecule has 37 heavy (non-hydrogen) atoms. The van der Waals surface area contributed by atoms with Crippen LogP contribution in [0.2, 0.25) is 0 Å². The lowest BCUT2D eigenvalue weighted by atomic mass is 9.74. The van der Waals surface area contributed by atoms with E-state index in [0.29, 0.717) is 31.1 Å². The predicted molar refractivity (Wildman–Crippen MR) is 149 cm³/mol. The van der Waals surface area contributed by atoms with Gasteiger partial charge in [-0.3, -0.25) is 14.5 Å². The van der Waals surface area contributed by atoms with Crippen LogP contribution in [0.5, 0.6) is 0 Å². The van der Waals surface area contributed by atoms with E-state index in [9.17, 15) is 9.90 Å². The first-order valence-corrected chi connectivity index (χ1v) is 13.4. The van der Waals surface area contributed by atoms with E-state index in [2.05, 4.69) is 52.0 Å². The van der Waals surface area contributed by atoms with Crippen LogP contribution < -0.4 is 4.90 Å². The molecule has 0 fully saturated rings. The van der Waals surface area contributed by atoms with E-state index in [1.807, 2.05) is 65.5 Å². The zero-order valence-electron chi connectivity index (χ0n) is 21.0. The molecular formula is C30H31BrN4O2. The number of benzene rings is 1. The molecule has 0 aliphatic heterocycles. The fraction of sp³-hybridized carbons (Fsp3) is 0.300. The molecule has 0 saturated carbocycles. The number of carbonyl (C=O) groups is 1. The Morgan fingerprint density at radius 1 is 1.14 bits per heavy atom. The van der Waals surface area contributed by atoms with Crippen molar-refractivity contribution in [3.63, 3.8) is 0 Å². The molecule has 7 heteroatoms. The summed E-state index contributed by atoms with van der Waals surface area (Å²) in [6.45, 7) is 5.18. The van der Waals surface area contributed by atoms with E-state index in [1.165, 1.54) is 0 Å². The molecule has 2 heterocycles. The second-order valence-electron chi connectivity index (χ2n) is 10.00. The SMILES string of the molecule is CC(C)c1ccc(N(Cc2cnn(Cc3ccc(Br)cc3)c2)C(=O)C2C(O)CC=C3C=CC=CC32)cn1. The second-order valence-corrected chi connectivity index (χ2v) is 10.9. The van der Waals surface area contributed by atoms with Crippen LogP contribution in [0.1, 0.15) is 43.0 Å². The molecule has 1 aromatic carbocycles. The number of nitrogens with zero attached hydrogens (tertiary/aromatic N) is 4. The number of hydrogen-bond acceptors (Lipinski definition) is 4. The Kier molecular flexibility index (Phi) is 7.53. The van der Waals surface area contributed by atoms with Gasteiger partial charge in [-0.05, 0) is 47.7 Å². The maximum Gasteiger partial charge on any atom is 0.234 e. The van der Waals surface area contributed by atoms with Gasteiger partial charge in [0, 0.05) is 27.8 Å². The number of allylic oxidation sites excluding steroid dienone is 5. The zero-order valence-corrected chi connectivity index (χ0v) is 22.6. The number of halogens is 1. The first kappa shape index (κ1) is 25.4. The minimum absolute atomic E-state index is 0.109. The Labute approximate surface area is 226 Å². The van der Waals surface area contributed by atoms with Crippen molar-refractivity contribution in [2.75, 3.05) is 4.90 Å². The number of fused-ring (bicyclic) bond motifs is 1. The van der Waals surface area contributed by atoms with E-state index in [-0.39, 0.29) is 11.8 Å². The molecule has 190 valence electrons. The predicted octanol–water partition coefficient (Wildman–Crippen LogP) is 5.79. The number of hydrogen-bond donors (Lipinski definition) is 1. The number of carbonyl (C=O) groups excluding carboxylic acids is 1. The summed E-state index contributed by atoms with van der Waals surface area (Å²) in [5.74, 6) is -0.527. The third-order valence-electron chi connectivity index (χ3n) is 7.01. The van der Waals surface area contributed by atoms with Crippen LogP contribution in [0.25, 0.3) is 0 Å². The van der Waals surface area contributed by atoms with Crippen LogP contribution in [-0.4, -0.2) is 31.9 Å². The zero-order chi connectivity index (χ0) is 25.9. The van der Waals surface area contributed by atoms with Gasteiger partial charge in [-0.2, -0.15) is 5.10 Å². The smallest absolute Gasteiger partial charge is 0.234 e. The van der Waals surface area contributed by atoms with Crippen LogP contribution in [0, 0.1) is 11.8 Å². The van der Waals surface area contributed by atoms with Crippen molar-refractivity contribution >= 4 is 27.5 Å². The highest BCUT2D eigenvalue weighted by Gasteiger charge is 2.40. The standard InChI is InChI=1S/C30H31BrN4O2/c1-20(2)27-13-12-25(16-32-27)35(30(37)29-26-6-4-3-5-23(26)9-14-28(29)36)19-22-15-33-34(18-22)17-21-7-10-24(31)11-8-21/h3-13,15-16,18,20,26,28-29,36H,14,17,19H2,1-2H3. The number of rotatable bonds is 7. The van der Waals surface area contributed by atoms with Gasteiger partial charge in [0.1, 0.15) is 0 Å². The Bertz CT molecular complexity index is 1340. The average molecular weight is 560 g/mol. The monoisotopic (exact) mass is 558 g/mol. The highest BCUT2D eigenvalue weighted by molar-refractivity contribution is 9.10. The van der Waals surface area contributed by atoms with Crippen molar-refractivity contribution in [3.05, 3.63) is 112 Å². The summed E-state index contributed by atoms with van der Waals surface area (Å²) in [6, 6.07) is 12.1. The minimum Gasteiger partial charge on any atom is -0.392 e. The number of pyridine rings is 1. The summed E-state index contributed by atoms with van der Waals surface area (Å²) in [4.78, 5) is 20.5. The molecule has 0 spiro atoms. The van der Waals surface area contributed by atoms with Crippen molar-refractivity contribution in [3.8, 4) is 0 Å². The average Bonchev–Trinajstić information content (AvgIpc) is 3.35. The lowest BCUT2D eigenvalue weighted by molar-refractivity contribution is -0.127. The molecule has 0 radical (unpaired) electrons. The minimum atomic E-state index is -0.747. The van der Waals surface area contributed by atoms with Gasteiger partial charge in [0.05, 0.1) is 43.2 Å². The molecule has 2 aliphatic rings. The molecule has 6 nitrogen and oxygen atoms in total. The lowest BCUT2D eigenvalue weighted by Gasteiger charge is -2.37. The maximum atomic E-state index is 14.1. The summed E-state index contributed by atoms with van der Waals surface area (Å²) < 4.78 is 2.92. The van der Waals surface area contributed by atoms with Crippen LogP contribution in [0.3, 0.4) is 0 Å². The van der Waals surface area contributed by atoms with Gasteiger partial charge in [-0.1, -0.05) is 72.3 Å². The fourth-order valence-electron chi connectivity index (χ4n) is 4.97. The largest absolute Gasteiger partial charge is 0.392 e. The Morgan fingerprint density at radius 2 is 1.95 bits per heavy atom.